The highest BCUT2D eigenvalue weighted by Gasteiger charge is 2.12. The molecule has 22 heavy (non-hydrogen) atoms. The number of amides is 1. The summed E-state index contributed by atoms with van der Waals surface area (Å²) in [6.07, 6.45) is 1.90. The number of pyridine rings is 1. The van der Waals surface area contributed by atoms with E-state index in [-0.39, 0.29) is 17.9 Å². The molecule has 0 atom stereocenters. The van der Waals surface area contributed by atoms with E-state index in [2.05, 4.69) is 15.5 Å². The van der Waals surface area contributed by atoms with Gasteiger partial charge >= 0.3 is 0 Å². The van der Waals surface area contributed by atoms with Crippen molar-refractivity contribution in [3.63, 3.8) is 0 Å². The Labute approximate surface area is 129 Å². The first-order valence-electron chi connectivity index (χ1n) is 7.15. The van der Waals surface area contributed by atoms with E-state index in [1.807, 2.05) is 26.8 Å². The molecule has 0 bridgehead atoms. The molecular formula is C16H21N3O3. The molecule has 118 valence electrons. The van der Waals surface area contributed by atoms with Gasteiger partial charge in [-0.2, -0.15) is 0 Å². The van der Waals surface area contributed by atoms with Gasteiger partial charge in [0.25, 0.3) is 0 Å². The first-order valence-corrected chi connectivity index (χ1v) is 7.15. The minimum Gasteiger partial charge on any atom is -0.472 e. The molecule has 2 heterocycles. The predicted molar refractivity (Wildman–Crippen MR) is 81.4 cm³/mol. The standard InChI is InChI=1S/C16H21N3O3/c1-11-7-13(19-22-11)8-14(20)17-9-12-5-6-15(18-10-12)21-16(2,3)4/h5-7,10H,8-9H2,1-4H3,(H,17,20). The van der Waals surface area contributed by atoms with Crippen molar-refractivity contribution in [2.24, 2.45) is 0 Å². The van der Waals surface area contributed by atoms with E-state index in [0.29, 0.717) is 23.9 Å². The third-order valence-corrected chi connectivity index (χ3v) is 2.72. The van der Waals surface area contributed by atoms with E-state index in [9.17, 15) is 4.79 Å². The molecule has 1 N–H and O–H groups in total. The van der Waals surface area contributed by atoms with Gasteiger partial charge in [-0.3, -0.25) is 4.79 Å². The lowest BCUT2D eigenvalue weighted by molar-refractivity contribution is -0.120. The maximum absolute atomic E-state index is 11.8. The van der Waals surface area contributed by atoms with Crippen LogP contribution in [0.15, 0.2) is 28.9 Å². The van der Waals surface area contributed by atoms with Crippen LogP contribution >= 0.6 is 0 Å². The minimum absolute atomic E-state index is 0.108. The van der Waals surface area contributed by atoms with E-state index in [1.165, 1.54) is 0 Å². The molecule has 0 aliphatic rings. The lowest BCUT2D eigenvalue weighted by Crippen LogP contribution is -2.25. The van der Waals surface area contributed by atoms with Crippen molar-refractivity contribution in [3.8, 4) is 5.88 Å². The van der Waals surface area contributed by atoms with Gasteiger partial charge in [0.2, 0.25) is 11.8 Å². The average Bonchev–Trinajstić information content (AvgIpc) is 2.81. The Morgan fingerprint density at radius 2 is 2.14 bits per heavy atom. The Bertz CT molecular complexity index is 627. The van der Waals surface area contributed by atoms with Gasteiger partial charge in [-0.25, -0.2) is 4.98 Å². The normalized spacial score (nSPS) is 11.3. The van der Waals surface area contributed by atoms with Crippen LogP contribution in [0.5, 0.6) is 5.88 Å². The minimum atomic E-state index is -0.279. The van der Waals surface area contributed by atoms with Gasteiger partial charge in [-0.05, 0) is 33.3 Å². The Kier molecular flexibility index (Phi) is 4.80. The number of nitrogens with one attached hydrogen (secondary N) is 1. The number of aromatic nitrogens is 2. The third kappa shape index (κ3) is 5.20. The van der Waals surface area contributed by atoms with Gasteiger partial charge in [-0.15, -0.1) is 0 Å². The van der Waals surface area contributed by atoms with Crippen LogP contribution in [0, 0.1) is 6.92 Å². The van der Waals surface area contributed by atoms with Crippen molar-refractivity contribution >= 4 is 5.91 Å². The fraction of sp³-hybridized carbons (Fsp3) is 0.438. The van der Waals surface area contributed by atoms with Crippen LogP contribution in [0.1, 0.15) is 37.8 Å². The van der Waals surface area contributed by atoms with E-state index >= 15 is 0 Å². The fourth-order valence-electron chi connectivity index (χ4n) is 1.82. The molecular weight excluding hydrogens is 282 g/mol. The first-order chi connectivity index (χ1) is 10.3. The van der Waals surface area contributed by atoms with Crippen LogP contribution in [-0.2, 0) is 17.8 Å². The summed E-state index contributed by atoms with van der Waals surface area (Å²) in [6.45, 7) is 8.11. The molecule has 0 radical (unpaired) electrons. The summed E-state index contributed by atoms with van der Waals surface area (Å²) in [5.41, 5.74) is 1.26. The average molecular weight is 303 g/mol. The predicted octanol–water partition coefficient (Wildman–Crippen LogP) is 2.41. The summed E-state index contributed by atoms with van der Waals surface area (Å²) in [4.78, 5) is 16.0. The molecule has 0 aliphatic carbocycles. The highest BCUT2D eigenvalue weighted by Crippen LogP contribution is 2.15. The smallest absolute Gasteiger partial charge is 0.226 e. The number of carbonyl (C=O) groups excluding carboxylic acids is 1. The van der Waals surface area contributed by atoms with Crippen LogP contribution in [0.25, 0.3) is 0 Å². The summed E-state index contributed by atoms with van der Waals surface area (Å²) in [5.74, 6) is 1.16. The van der Waals surface area contributed by atoms with Gasteiger partial charge < -0.3 is 14.6 Å². The van der Waals surface area contributed by atoms with Crippen LogP contribution < -0.4 is 10.1 Å². The largest absolute Gasteiger partial charge is 0.472 e. The van der Waals surface area contributed by atoms with E-state index < -0.39 is 0 Å². The number of rotatable bonds is 5. The molecule has 6 nitrogen and oxygen atoms in total. The quantitative estimate of drug-likeness (QED) is 0.918. The van der Waals surface area contributed by atoms with E-state index in [4.69, 9.17) is 9.26 Å². The van der Waals surface area contributed by atoms with Crippen molar-refractivity contribution in [3.05, 3.63) is 41.4 Å². The molecule has 0 fully saturated rings. The maximum Gasteiger partial charge on any atom is 0.226 e. The Morgan fingerprint density at radius 3 is 2.68 bits per heavy atom. The van der Waals surface area contributed by atoms with Gasteiger partial charge in [0.1, 0.15) is 11.4 Å². The molecule has 0 saturated carbocycles. The highest BCUT2D eigenvalue weighted by atomic mass is 16.5. The maximum atomic E-state index is 11.8. The summed E-state index contributed by atoms with van der Waals surface area (Å²) < 4.78 is 10.6. The van der Waals surface area contributed by atoms with Gasteiger partial charge in [-0.1, -0.05) is 11.2 Å². The van der Waals surface area contributed by atoms with E-state index in [0.717, 1.165) is 5.56 Å². The number of carbonyl (C=O) groups is 1. The first kappa shape index (κ1) is 16.0. The van der Waals surface area contributed by atoms with Crippen molar-refractivity contribution in [2.45, 2.75) is 46.3 Å². The summed E-state index contributed by atoms with van der Waals surface area (Å²) in [6, 6.07) is 5.43. The number of hydrogen-bond donors (Lipinski definition) is 1. The number of ether oxygens (including phenoxy) is 1. The van der Waals surface area contributed by atoms with Crippen LogP contribution in [0.3, 0.4) is 0 Å². The second-order valence-corrected chi connectivity index (χ2v) is 6.10. The molecule has 0 aromatic carbocycles. The van der Waals surface area contributed by atoms with Crippen molar-refractivity contribution in [1.29, 1.82) is 0 Å². The highest BCUT2D eigenvalue weighted by molar-refractivity contribution is 5.78. The molecule has 0 unspecified atom stereocenters. The monoisotopic (exact) mass is 303 g/mol. The summed E-state index contributed by atoms with van der Waals surface area (Å²) >= 11 is 0. The number of hydrogen-bond acceptors (Lipinski definition) is 5. The van der Waals surface area contributed by atoms with Crippen molar-refractivity contribution in [1.82, 2.24) is 15.5 Å². The lowest BCUT2D eigenvalue weighted by atomic mass is 10.2. The summed E-state index contributed by atoms with van der Waals surface area (Å²) in [7, 11) is 0. The lowest BCUT2D eigenvalue weighted by Gasteiger charge is -2.20. The Hall–Kier alpha value is -2.37. The van der Waals surface area contributed by atoms with Crippen molar-refractivity contribution < 1.29 is 14.1 Å². The summed E-state index contributed by atoms with van der Waals surface area (Å²) in [5, 5.41) is 6.61. The zero-order chi connectivity index (χ0) is 16.2. The molecule has 2 aromatic rings. The molecule has 0 spiro atoms. The third-order valence-electron chi connectivity index (χ3n) is 2.72. The second kappa shape index (κ2) is 6.60. The van der Waals surface area contributed by atoms with E-state index in [1.54, 1.807) is 25.3 Å². The molecule has 1 amide bonds. The molecule has 0 aliphatic heterocycles. The molecule has 0 saturated heterocycles. The Morgan fingerprint density at radius 1 is 1.36 bits per heavy atom. The molecule has 2 aromatic heterocycles. The number of nitrogens with zero attached hydrogens (tertiary/aromatic N) is 2. The number of aryl methyl sites for hydroxylation is 1. The van der Waals surface area contributed by atoms with Gasteiger partial charge in [0.05, 0.1) is 12.1 Å². The van der Waals surface area contributed by atoms with Gasteiger partial charge in [0.15, 0.2) is 0 Å². The Balaban J connectivity index is 1.82. The SMILES string of the molecule is Cc1cc(CC(=O)NCc2ccc(OC(C)(C)C)nc2)no1. The van der Waals surface area contributed by atoms with Crippen LogP contribution in [-0.4, -0.2) is 21.6 Å². The fourth-order valence-corrected chi connectivity index (χ4v) is 1.82. The topological polar surface area (TPSA) is 77.2 Å². The zero-order valence-corrected chi connectivity index (χ0v) is 13.3. The molecule has 6 heteroatoms. The zero-order valence-electron chi connectivity index (χ0n) is 13.3. The van der Waals surface area contributed by atoms with Gasteiger partial charge in [0, 0.05) is 24.9 Å². The van der Waals surface area contributed by atoms with Crippen LogP contribution in [0.2, 0.25) is 0 Å². The second-order valence-electron chi connectivity index (χ2n) is 6.10. The van der Waals surface area contributed by atoms with Crippen LogP contribution in [0.4, 0.5) is 0 Å². The molecule has 2 rings (SSSR count). The van der Waals surface area contributed by atoms with Crippen molar-refractivity contribution in [2.75, 3.05) is 0 Å².